The van der Waals surface area contributed by atoms with Crippen molar-refractivity contribution in [1.82, 2.24) is 19.9 Å². The summed E-state index contributed by atoms with van der Waals surface area (Å²) in [5.74, 6) is 4.63. The first-order chi connectivity index (χ1) is 56.7. The zero-order valence-corrected chi connectivity index (χ0v) is 63.1. The second-order valence-electron chi connectivity index (χ2n) is 31.4. The molecule has 0 bridgehead atoms. The first-order valence-corrected chi connectivity index (χ1v) is 39.5. The van der Waals surface area contributed by atoms with Gasteiger partial charge in [0.05, 0.1) is 33.6 Å². The molecule has 6 heteroatoms. The lowest BCUT2D eigenvalue weighted by Crippen LogP contribution is -2.32. The molecule has 0 saturated heterocycles. The topological polar surface area (TPSA) is 70.0 Å². The number of ether oxygens (including phenoxy) is 2. The normalized spacial score (nSPS) is 13.8. The first-order valence-electron chi connectivity index (χ1n) is 39.5. The minimum Gasteiger partial charge on any atom is -0.457 e. The van der Waals surface area contributed by atoms with Gasteiger partial charge in [-0.1, -0.05) is 323 Å². The van der Waals surface area contributed by atoms with E-state index in [2.05, 4.69) is 390 Å². The van der Waals surface area contributed by atoms with Crippen LogP contribution in [0.2, 0.25) is 0 Å². The fourth-order valence-corrected chi connectivity index (χ4v) is 19.6. The number of hydrogen-bond donors (Lipinski definition) is 0. The maximum absolute atomic E-state index is 7.26. The van der Waals surface area contributed by atoms with E-state index in [1.165, 1.54) is 66.8 Å². The monoisotopic (exact) mass is 1470 g/mol. The van der Waals surface area contributed by atoms with Gasteiger partial charge < -0.3 is 9.47 Å². The molecule has 5 aliphatic rings. The molecule has 538 valence electrons. The van der Waals surface area contributed by atoms with Crippen molar-refractivity contribution in [2.45, 2.75) is 30.1 Å². The van der Waals surface area contributed by atoms with Gasteiger partial charge in [-0.25, -0.2) is 19.9 Å². The predicted molar refractivity (Wildman–Crippen MR) is 464 cm³/mol. The highest BCUT2D eigenvalue weighted by atomic mass is 16.5. The fourth-order valence-electron chi connectivity index (χ4n) is 19.6. The van der Waals surface area contributed by atoms with Gasteiger partial charge in [0, 0.05) is 61.0 Å². The second-order valence-corrected chi connectivity index (χ2v) is 31.4. The molecule has 115 heavy (non-hydrogen) atoms. The van der Waals surface area contributed by atoms with Crippen molar-refractivity contribution < 1.29 is 9.47 Å². The van der Waals surface area contributed by atoms with Crippen LogP contribution in [0.4, 0.5) is 0 Å². The molecule has 6 nitrogen and oxygen atoms in total. The minimum absolute atomic E-state index is 0.231. The molecular weight excluding hydrogens is 1400 g/mol. The molecule has 16 aromatic carbocycles. The van der Waals surface area contributed by atoms with E-state index in [1.54, 1.807) is 0 Å². The number of fused-ring (bicyclic) bond motifs is 21. The first kappa shape index (κ1) is 66.1. The van der Waals surface area contributed by atoms with Crippen molar-refractivity contribution in [2.75, 3.05) is 0 Å². The fraction of sp³-hybridized carbons (Fsp3) is 0.0459. The van der Waals surface area contributed by atoms with Gasteiger partial charge in [-0.3, -0.25) is 0 Å². The van der Waals surface area contributed by atoms with Gasteiger partial charge in [-0.15, -0.1) is 0 Å². The number of para-hydroxylation sites is 1. The van der Waals surface area contributed by atoms with Crippen LogP contribution in [-0.4, -0.2) is 19.9 Å². The third-order valence-corrected chi connectivity index (χ3v) is 24.9. The Bertz CT molecular complexity index is 6950. The standard InChI is InChI=1S/C109H70N4O2/c1-107(2)87-43-16-11-37-80(87)85-54-50-77(64-93(85)107)100-66-99(112-106(113-100)86-42-10-9-36-79(86)75-53-57-104-96(63-75)108(92-48-21-22-49-101(92)114-104)88-44-17-12-38-81(88)82-39-13-18-45-89(82)108)76-34-24-32-71(59-76)74-52-56-103-95(62-74)109(90-46-19-14-40-83(90)84-41-15-20-47-91(84)109)94-61-73(51-55-102(94)115-103)70-31-23-30-69(58-70)72-33-25-35-78(60-72)105-110-97(67-26-5-3-6-27-67)65-98(111-105)68-28-7-4-8-29-68/h3-66H,1-2H3. The van der Waals surface area contributed by atoms with Crippen molar-refractivity contribution in [3.63, 3.8) is 0 Å². The van der Waals surface area contributed by atoms with E-state index < -0.39 is 10.8 Å². The summed E-state index contributed by atoms with van der Waals surface area (Å²) in [5, 5.41) is 0. The summed E-state index contributed by atoms with van der Waals surface area (Å²) in [4.78, 5) is 21.9. The number of aromatic nitrogens is 4. The predicted octanol–water partition coefficient (Wildman–Crippen LogP) is 27.2. The molecule has 0 atom stereocenters. The van der Waals surface area contributed by atoms with Crippen LogP contribution >= 0.6 is 0 Å². The Labute approximate surface area is 667 Å². The number of nitrogens with zero attached hydrogens (tertiary/aromatic N) is 4. The van der Waals surface area contributed by atoms with Crippen LogP contribution in [-0.2, 0) is 16.2 Å². The molecule has 2 aromatic heterocycles. The van der Waals surface area contributed by atoms with Crippen molar-refractivity contribution in [3.05, 3.63) is 444 Å². The Balaban J connectivity index is 0.649. The highest BCUT2D eigenvalue weighted by Gasteiger charge is 2.53. The molecule has 0 saturated carbocycles. The largest absolute Gasteiger partial charge is 0.457 e. The molecule has 2 spiro atoms. The van der Waals surface area contributed by atoms with Crippen LogP contribution in [0.5, 0.6) is 23.0 Å². The van der Waals surface area contributed by atoms with Gasteiger partial charge in [-0.2, -0.15) is 0 Å². The maximum Gasteiger partial charge on any atom is 0.161 e. The third-order valence-electron chi connectivity index (χ3n) is 24.9. The van der Waals surface area contributed by atoms with Crippen LogP contribution in [0.25, 0.3) is 146 Å². The molecule has 0 N–H and O–H groups in total. The molecule has 0 amide bonds. The minimum atomic E-state index is -0.767. The smallest absolute Gasteiger partial charge is 0.161 e. The van der Waals surface area contributed by atoms with Crippen LogP contribution in [0.15, 0.2) is 388 Å². The lowest BCUT2D eigenvalue weighted by atomic mass is 9.65. The van der Waals surface area contributed by atoms with Gasteiger partial charge in [0.1, 0.15) is 23.0 Å². The van der Waals surface area contributed by atoms with Gasteiger partial charge in [0.15, 0.2) is 11.6 Å². The molecule has 0 unspecified atom stereocenters. The Morgan fingerprint density at radius 1 is 0.174 bits per heavy atom. The zero-order valence-electron chi connectivity index (χ0n) is 63.1. The van der Waals surface area contributed by atoms with Crippen LogP contribution < -0.4 is 9.47 Å². The average molecular weight is 1470 g/mol. The molecule has 3 aliphatic carbocycles. The zero-order chi connectivity index (χ0) is 76.1. The van der Waals surface area contributed by atoms with Gasteiger partial charge in [-0.05, 0) is 190 Å². The number of rotatable bonds is 10. The average Bonchev–Trinajstić information content (AvgIpc) is 1.69. The lowest BCUT2D eigenvalue weighted by Gasteiger charge is -2.40. The van der Waals surface area contributed by atoms with E-state index in [-0.39, 0.29) is 5.41 Å². The lowest BCUT2D eigenvalue weighted by molar-refractivity contribution is 0.436. The quantitative estimate of drug-likeness (QED) is 0.136. The summed E-state index contributed by atoms with van der Waals surface area (Å²) >= 11 is 0. The van der Waals surface area contributed by atoms with Gasteiger partial charge >= 0.3 is 0 Å². The summed E-state index contributed by atoms with van der Waals surface area (Å²) in [6.07, 6.45) is 0. The summed E-state index contributed by atoms with van der Waals surface area (Å²) in [7, 11) is 0. The van der Waals surface area contributed by atoms with Crippen LogP contribution in [0.1, 0.15) is 69.5 Å². The number of benzene rings is 16. The summed E-state index contributed by atoms with van der Waals surface area (Å²) in [6, 6.07) is 141. The summed E-state index contributed by atoms with van der Waals surface area (Å²) in [5.41, 5.74) is 35.5. The highest BCUT2D eigenvalue weighted by Crippen LogP contribution is 2.65. The third kappa shape index (κ3) is 10.1. The molecule has 4 heterocycles. The van der Waals surface area contributed by atoms with Crippen LogP contribution in [0, 0.1) is 0 Å². The van der Waals surface area contributed by atoms with E-state index in [4.69, 9.17) is 29.4 Å². The number of hydrogen-bond acceptors (Lipinski definition) is 6. The highest BCUT2D eigenvalue weighted by molar-refractivity contribution is 5.94. The SMILES string of the molecule is CC1(C)c2ccccc2-c2ccc(-c3cc(-c4cccc(-c5ccc6c(c5)C5(c7cc(-c8cccc(-c9cccc(-c%10nc(-c%11ccccc%11)cc(-c%11ccccc%11)n%10)c9)c8)ccc7O6)c6ccccc6-c6ccccc65)c4)nc(-c4ccccc4-c4ccc5c(c4)C4(c6ccccc6O5)c5ccccc5-c5ccccc54)n3)cc21. The van der Waals surface area contributed by atoms with E-state index in [9.17, 15) is 0 Å². The molecule has 0 radical (unpaired) electrons. The van der Waals surface area contributed by atoms with Crippen molar-refractivity contribution in [1.29, 1.82) is 0 Å². The molecule has 0 fully saturated rings. The van der Waals surface area contributed by atoms with Gasteiger partial charge in [0.2, 0.25) is 0 Å². The summed E-state index contributed by atoms with van der Waals surface area (Å²) < 4.78 is 14.2. The Morgan fingerprint density at radius 3 is 0.974 bits per heavy atom. The van der Waals surface area contributed by atoms with E-state index >= 15 is 0 Å². The molecule has 23 rings (SSSR count). The van der Waals surface area contributed by atoms with Crippen molar-refractivity contribution in [2.24, 2.45) is 0 Å². The molecule has 18 aromatic rings. The van der Waals surface area contributed by atoms with Gasteiger partial charge in [0.25, 0.3) is 0 Å². The van der Waals surface area contributed by atoms with Crippen molar-refractivity contribution >= 4 is 0 Å². The Hall–Kier alpha value is -14.7. The Morgan fingerprint density at radius 2 is 0.470 bits per heavy atom. The van der Waals surface area contributed by atoms with Crippen LogP contribution in [0.3, 0.4) is 0 Å². The summed E-state index contributed by atoms with van der Waals surface area (Å²) in [6.45, 7) is 4.69. The molecule has 2 aliphatic heterocycles. The maximum atomic E-state index is 7.26. The van der Waals surface area contributed by atoms with E-state index in [0.29, 0.717) is 11.6 Å². The van der Waals surface area contributed by atoms with E-state index in [0.717, 1.165) is 146 Å². The Kier molecular flexibility index (Phi) is 14.8. The molecular formula is C109H70N4O2. The van der Waals surface area contributed by atoms with Crippen molar-refractivity contribution in [3.8, 4) is 169 Å². The second kappa shape index (κ2) is 25.7. The van der Waals surface area contributed by atoms with E-state index in [1.807, 2.05) is 12.1 Å².